The van der Waals surface area contributed by atoms with Crippen molar-refractivity contribution in [1.82, 2.24) is 15.2 Å². The minimum Gasteiger partial charge on any atom is -0.354 e. The lowest BCUT2D eigenvalue weighted by Crippen LogP contribution is -2.34. The molecule has 0 saturated carbocycles. The van der Waals surface area contributed by atoms with E-state index in [4.69, 9.17) is 0 Å². The summed E-state index contributed by atoms with van der Waals surface area (Å²) >= 11 is 0. The van der Waals surface area contributed by atoms with Crippen molar-refractivity contribution in [2.24, 2.45) is 0 Å². The summed E-state index contributed by atoms with van der Waals surface area (Å²) in [7, 11) is 0. The first kappa shape index (κ1) is 10.6. The fraction of sp³-hybridized carbons (Fsp3) is 0.364. The second kappa shape index (κ2) is 4.74. The van der Waals surface area contributed by atoms with Crippen molar-refractivity contribution in [3.63, 3.8) is 0 Å². The van der Waals surface area contributed by atoms with E-state index in [9.17, 15) is 9.59 Å². The van der Waals surface area contributed by atoms with Gasteiger partial charge in [-0.15, -0.1) is 0 Å². The van der Waals surface area contributed by atoms with Crippen molar-refractivity contribution in [2.45, 2.75) is 6.42 Å². The van der Waals surface area contributed by atoms with Crippen LogP contribution in [0, 0.1) is 0 Å². The average Bonchev–Trinajstić information content (AvgIpc) is 2.54. The van der Waals surface area contributed by atoms with Gasteiger partial charge < -0.3 is 10.2 Å². The van der Waals surface area contributed by atoms with Gasteiger partial charge >= 0.3 is 0 Å². The molecule has 1 aromatic rings. The molecule has 0 aromatic carbocycles. The Labute approximate surface area is 93.5 Å². The van der Waals surface area contributed by atoms with Gasteiger partial charge in [0, 0.05) is 38.4 Å². The second-order valence-electron chi connectivity index (χ2n) is 3.63. The van der Waals surface area contributed by atoms with E-state index in [2.05, 4.69) is 10.3 Å². The zero-order valence-corrected chi connectivity index (χ0v) is 8.85. The van der Waals surface area contributed by atoms with E-state index in [-0.39, 0.29) is 11.8 Å². The van der Waals surface area contributed by atoms with E-state index >= 15 is 0 Å². The van der Waals surface area contributed by atoms with Gasteiger partial charge in [-0.1, -0.05) is 0 Å². The normalized spacial score (nSPS) is 16.5. The molecule has 0 atom stereocenters. The van der Waals surface area contributed by atoms with E-state index in [1.807, 2.05) is 0 Å². The van der Waals surface area contributed by atoms with Crippen molar-refractivity contribution in [3.05, 3.63) is 30.1 Å². The van der Waals surface area contributed by atoms with Crippen LogP contribution in [0.4, 0.5) is 0 Å². The average molecular weight is 219 g/mol. The highest BCUT2D eigenvalue weighted by atomic mass is 16.2. The van der Waals surface area contributed by atoms with Crippen LogP contribution < -0.4 is 5.32 Å². The summed E-state index contributed by atoms with van der Waals surface area (Å²) in [5.41, 5.74) is 0.567. The third-order valence-electron chi connectivity index (χ3n) is 2.51. The maximum atomic E-state index is 12.0. The van der Waals surface area contributed by atoms with Crippen molar-refractivity contribution in [1.29, 1.82) is 0 Å². The first-order chi connectivity index (χ1) is 7.77. The van der Waals surface area contributed by atoms with Gasteiger partial charge in [-0.05, 0) is 12.1 Å². The molecule has 0 aliphatic carbocycles. The molecule has 1 fully saturated rings. The van der Waals surface area contributed by atoms with Crippen LogP contribution in [0.5, 0.6) is 0 Å². The van der Waals surface area contributed by atoms with E-state index in [1.54, 1.807) is 29.4 Å². The molecule has 2 amide bonds. The lowest BCUT2D eigenvalue weighted by Gasteiger charge is -2.19. The van der Waals surface area contributed by atoms with Crippen LogP contribution in [0.1, 0.15) is 16.8 Å². The number of rotatable bonds is 1. The minimum absolute atomic E-state index is 0.00138. The summed E-state index contributed by atoms with van der Waals surface area (Å²) in [6, 6.07) is 3.46. The Morgan fingerprint density at radius 1 is 1.44 bits per heavy atom. The molecule has 0 unspecified atom stereocenters. The summed E-state index contributed by atoms with van der Waals surface area (Å²) in [4.78, 5) is 28.7. The fourth-order valence-corrected chi connectivity index (χ4v) is 1.64. The van der Waals surface area contributed by atoms with Gasteiger partial charge in [-0.2, -0.15) is 0 Å². The van der Waals surface area contributed by atoms with Crippen molar-refractivity contribution < 1.29 is 9.59 Å². The molecule has 0 radical (unpaired) electrons. The Kier molecular flexibility index (Phi) is 3.14. The third-order valence-corrected chi connectivity index (χ3v) is 2.51. The van der Waals surface area contributed by atoms with Gasteiger partial charge in [-0.3, -0.25) is 14.6 Å². The van der Waals surface area contributed by atoms with Crippen molar-refractivity contribution in [3.8, 4) is 0 Å². The predicted molar refractivity (Wildman–Crippen MR) is 57.8 cm³/mol. The van der Waals surface area contributed by atoms with Gasteiger partial charge in [-0.25, -0.2) is 0 Å². The highest BCUT2D eigenvalue weighted by molar-refractivity contribution is 5.94. The molecule has 2 heterocycles. The number of pyridine rings is 1. The third kappa shape index (κ3) is 2.36. The Bertz CT molecular complexity index is 391. The molecule has 16 heavy (non-hydrogen) atoms. The van der Waals surface area contributed by atoms with Crippen LogP contribution in [0.3, 0.4) is 0 Å². The molecular formula is C11H13N3O2. The Hall–Kier alpha value is -1.91. The molecule has 0 spiro atoms. The lowest BCUT2D eigenvalue weighted by molar-refractivity contribution is -0.120. The SMILES string of the molecule is O=C1CCN(C(=O)c2cccnc2)CCN1. The lowest BCUT2D eigenvalue weighted by atomic mass is 10.2. The second-order valence-corrected chi connectivity index (χ2v) is 3.63. The van der Waals surface area contributed by atoms with Crippen LogP contribution in [0.15, 0.2) is 24.5 Å². The molecule has 2 rings (SSSR count). The molecular weight excluding hydrogens is 206 g/mol. The highest BCUT2D eigenvalue weighted by Crippen LogP contribution is 2.05. The molecule has 1 aliphatic rings. The monoisotopic (exact) mass is 219 g/mol. The molecule has 5 heteroatoms. The van der Waals surface area contributed by atoms with Gasteiger partial charge in [0.05, 0.1) is 5.56 Å². The summed E-state index contributed by atoms with van der Waals surface area (Å²) in [5, 5.41) is 2.73. The van der Waals surface area contributed by atoms with Crippen molar-refractivity contribution >= 4 is 11.8 Å². The van der Waals surface area contributed by atoms with Crippen LogP contribution in [0.2, 0.25) is 0 Å². The number of hydrogen-bond donors (Lipinski definition) is 1. The predicted octanol–water partition coefficient (Wildman–Crippen LogP) is 0.0437. The topological polar surface area (TPSA) is 62.3 Å². The smallest absolute Gasteiger partial charge is 0.255 e. The summed E-state index contributed by atoms with van der Waals surface area (Å²) in [5.74, 6) is -0.0638. The zero-order valence-electron chi connectivity index (χ0n) is 8.85. The summed E-state index contributed by atoms with van der Waals surface area (Å²) < 4.78 is 0. The highest BCUT2D eigenvalue weighted by Gasteiger charge is 2.19. The molecule has 1 N–H and O–H groups in total. The first-order valence-electron chi connectivity index (χ1n) is 5.23. The van der Waals surface area contributed by atoms with Crippen LogP contribution in [-0.2, 0) is 4.79 Å². The first-order valence-corrected chi connectivity index (χ1v) is 5.23. The molecule has 5 nitrogen and oxygen atoms in total. The Balaban J connectivity index is 2.07. The van der Waals surface area contributed by atoms with Crippen molar-refractivity contribution in [2.75, 3.05) is 19.6 Å². The number of carbonyl (C=O) groups is 2. The van der Waals surface area contributed by atoms with E-state index in [0.29, 0.717) is 31.6 Å². The Morgan fingerprint density at radius 2 is 2.31 bits per heavy atom. The Morgan fingerprint density at radius 3 is 3.06 bits per heavy atom. The summed E-state index contributed by atoms with van der Waals surface area (Å²) in [6.45, 7) is 1.55. The van der Waals surface area contributed by atoms with Gasteiger partial charge in [0.1, 0.15) is 0 Å². The largest absolute Gasteiger partial charge is 0.354 e. The van der Waals surface area contributed by atoms with E-state index < -0.39 is 0 Å². The number of nitrogens with zero attached hydrogens (tertiary/aromatic N) is 2. The zero-order chi connectivity index (χ0) is 11.4. The van der Waals surface area contributed by atoms with Crippen LogP contribution >= 0.6 is 0 Å². The molecule has 1 aromatic heterocycles. The maximum absolute atomic E-state index is 12.0. The minimum atomic E-state index is -0.0652. The number of amides is 2. The fourth-order valence-electron chi connectivity index (χ4n) is 1.64. The van der Waals surface area contributed by atoms with E-state index in [1.165, 1.54) is 0 Å². The van der Waals surface area contributed by atoms with Gasteiger partial charge in [0.15, 0.2) is 0 Å². The molecule has 84 valence electrons. The number of hydrogen-bond acceptors (Lipinski definition) is 3. The number of aromatic nitrogens is 1. The van der Waals surface area contributed by atoms with Crippen LogP contribution in [0.25, 0.3) is 0 Å². The maximum Gasteiger partial charge on any atom is 0.255 e. The molecule has 1 aliphatic heterocycles. The van der Waals surface area contributed by atoms with Gasteiger partial charge in [0.25, 0.3) is 5.91 Å². The molecule has 0 bridgehead atoms. The number of nitrogens with one attached hydrogen (secondary N) is 1. The standard InChI is InChI=1S/C11H13N3O2/c15-10-3-6-14(7-5-13-10)11(16)9-2-1-4-12-8-9/h1-2,4,8H,3,5-7H2,(H,13,15). The van der Waals surface area contributed by atoms with Gasteiger partial charge in [0.2, 0.25) is 5.91 Å². The quantitative estimate of drug-likeness (QED) is 0.725. The van der Waals surface area contributed by atoms with Crippen LogP contribution in [-0.4, -0.2) is 41.3 Å². The van der Waals surface area contributed by atoms with E-state index in [0.717, 1.165) is 0 Å². The summed E-state index contributed by atoms with van der Waals surface area (Å²) in [6.07, 6.45) is 3.54. The number of carbonyl (C=O) groups excluding carboxylic acids is 2. The molecule has 1 saturated heterocycles.